The number of carbonyl (C=O) groups excluding carboxylic acids is 2. The van der Waals surface area contributed by atoms with Crippen LogP contribution in [0.1, 0.15) is 19.3 Å². The van der Waals surface area contributed by atoms with Crippen LogP contribution in [0.15, 0.2) is 0 Å². The summed E-state index contributed by atoms with van der Waals surface area (Å²) in [6.07, 6.45) is 0.928. The van der Waals surface area contributed by atoms with Crippen LogP contribution in [0.4, 0.5) is 0 Å². The van der Waals surface area contributed by atoms with Gasteiger partial charge in [0.1, 0.15) is 0 Å². The van der Waals surface area contributed by atoms with Gasteiger partial charge < -0.3 is 59.5 Å². The summed E-state index contributed by atoms with van der Waals surface area (Å²) < 4.78 is 0. The van der Waals surface area contributed by atoms with E-state index in [4.69, 9.17) is 0 Å². The van der Waals surface area contributed by atoms with Crippen molar-refractivity contribution in [3.8, 4) is 0 Å². The molecule has 0 radical (unpaired) electrons. The number of hydrogen-bond acceptors (Lipinski definition) is 8. The first-order chi connectivity index (χ1) is 4.59. The molecule has 118 valence electrons. The van der Waals surface area contributed by atoms with E-state index in [1.807, 2.05) is 0 Å². The number of hydrogen-bond donors (Lipinski definition) is 2. The van der Waals surface area contributed by atoms with Crippen LogP contribution in [0.5, 0.6) is 0 Å². The SMILES string of the molecule is N.N.O.O.O.O=C([O-])C1(C(=O)[O-])CCC1.[OH-].[OH-].[Pt+4]. The summed E-state index contributed by atoms with van der Waals surface area (Å²) in [5, 5.41) is 20.4. The van der Waals surface area contributed by atoms with E-state index < -0.39 is 17.4 Å². The third kappa shape index (κ3) is 8.44. The molecule has 12 heteroatoms. The average Bonchev–Trinajstić information content (AvgIpc) is 1.57. The van der Waals surface area contributed by atoms with Crippen molar-refractivity contribution in [3.63, 3.8) is 0 Å². The molecule has 0 heterocycles. The number of aliphatic carboxylic acids is 2. The summed E-state index contributed by atoms with van der Waals surface area (Å²) in [7, 11) is 0. The van der Waals surface area contributed by atoms with E-state index in [0.717, 1.165) is 0 Å². The number of rotatable bonds is 2. The smallest absolute Gasteiger partial charge is 0.870 e. The molecule has 18 heavy (non-hydrogen) atoms. The normalized spacial score (nSPS) is 11.8. The number of carbonyl (C=O) groups is 2. The van der Waals surface area contributed by atoms with Gasteiger partial charge in [0, 0.05) is 5.41 Å². The molecule has 1 saturated carbocycles. The van der Waals surface area contributed by atoms with Crippen molar-refractivity contribution in [2.45, 2.75) is 19.3 Å². The van der Waals surface area contributed by atoms with Gasteiger partial charge >= 0.3 is 21.1 Å². The Hall–Kier alpha value is -0.652. The Balaban J connectivity index is -0.0000000208. The van der Waals surface area contributed by atoms with Crippen molar-refractivity contribution >= 4 is 11.9 Å². The maximum atomic E-state index is 10.2. The number of carboxylic acids is 2. The Morgan fingerprint density at radius 2 is 1.06 bits per heavy atom. The summed E-state index contributed by atoms with van der Waals surface area (Å²) >= 11 is 0. The molecule has 0 atom stereocenters. The van der Waals surface area contributed by atoms with E-state index in [1.165, 1.54) is 0 Å². The van der Waals surface area contributed by atoms with Crippen LogP contribution in [0.2, 0.25) is 0 Å². The molecule has 0 unspecified atom stereocenters. The van der Waals surface area contributed by atoms with Crippen LogP contribution in [0.25, 0.3) is 0 Å². The van der Waals surface area contributed by atoms with Gasteiger partial charge in [0.25, 0.3) is 0 Å². The fourth-order valence-corrected chi connectivity index (χ4v) is 1.02. The second-order valence-electron chi connectivity index (χ2n) is 2.51. The van der Waals surface area contributed by atoms with Gasteiger partial charge in [0.05, 0.1) is 11.9 Å². The molecule has 0 aromatic rings. The van der Waals surface area contributed by atoms with Crippen molar-refractivity contribution in [1.29, 1.82) is 0 Å². The Morgan fingerprint density at radius 3 is 1.06 bits per heavy atom. The van der Waals surface area contributed by atoms with Gasteiger partial charge in [-0.15, -0.1) is 0 Å². The zero-order chi connectivity index (χ0) is 7.78. The third-order valence-electron chi connectivity index (χ3n) is 1.99. The van der Waals surface area contributed by atoms with Crippen molar-refractivity contribution in [2.24, 2.45) is 5.41 Å². The molecular formula is C6H20N2O9Pt. The van der Waals surface area contributed by atoms with Crippen LogP contribution in [-0.4, -0.2) is 39.3 Å². The van der Waals surface area contributed by atoms with Gasteiger partial charge in [0.15, 0.2) is 0 Å². The van der Waals surface area contributed by atoms with Gasteiger partial charge in [0.2, 0.25) is 0 Å². The van der Waals surface area contributed by atoms with Crippen molar-refractivity contribution < 1.29 is 68.2 Å². The molecule has 0 aromatic heterocycles. The molecule has 1 aliphatic carbocycles. The Labute approximate surface area is 118 Å². The average molecular weight is 459 g/mol. The molecule has 0 bridgehead atoms. The standard InChI is InChI=1S/C6H8O4.2H3N.5H2O.Pt/c7-4(8)6(5(9)10)2-1-3-6;;;;;;;;/h1-3H2,(H,7,8)(H,9,10);2*1H3;5*1H2;/q;;;;;;;;+4/p-4. The minimum atomic E-state index is -1.67. The predicted molar refractivity (Wildman–Crippen MR) is 51.1 cm³/mol. The quantitative estimate of drug-likeness (QED) is 0.376. The van der Waals surface area contributed by atoms with E-state index in [9.17, 15) is 19.8 Å². The monoisotopic (exact) mass is 459 g/mol. The molecule has 0 aliphatic heterocycles. The molecular weight excluding hydrogens is 439 g/mol. The van der Waals surface area contributed by atoms with E-state index in [-0.39, 0.29) is 73.6 Å². The molecule has 11 nitrogen and oxygen atoms in total. The van der Waals surface area contributed by atoms with Crippen molar-refractivity contribution in [2.75, 3.05) is 0 Å². The van der Waals surface area contributed by atoms with E-state index in [1.54, 1.807) is 0 Å². The zero-order valence-corrected chi connectivity index (χ0v) is 11.7. The fourth-order valence-electron chi connectivity index (χ4n) is 1.02. The first-order valence-corrected chi connectivity index (χ1v) is 3.02. The molecule has 0 amide bonds. The minimum absolute atomic E-state index is 0. The summed E-state index contributed by atoms with van der Waals surface area (Å²) in [6.45, 7) is 0. The Bertz CT molecular complexity index is 183. The maximum Gasteiger partial charge on any atom is 4.00 e. The molecule has 0 spiro atoms. The third-order valence-corrected chi connectivity index (χ3v) is 1.99. The van der Waals surface area contributed by atoms with Gasteiger partial charge in [-0.1, -0.05) is 6.42 Å². The minimum Gasteiger partial charge on any atom is -0.870 e. The summed E-state index contributed by atoms with van der Waals surface area (Å²) in [5.41, 5.74) is -1.67. The van der Waals surface area contributed by atoms with Crippen molar-refractivity contribution in [1.82, 2.24) is 12.3 Å². The molecule has 0 saturated heterocycles. The van der Waals surface area contributed by atoms with Crippen LogP contribution >= 0.6 is 0 Å². The summed E-state index contributed by atoms with van der Waals surface area (Å²) in [4.78, 5) is 20.4. The summed E-state index contributed by atoms with van der Waals surface area (Å²) in [5.74, 6) is -3.03. The van der Waals surface area contributed by atoms with E-state index >= 15 is 0 Å². The fraction of sp³-hybridized carbons (Fsp3) is 0.667. The largest absolute Gasteiger partial charge is 4.00 e. The summed E-state index contributed by atoms with van der Waals surface area (Å²) in [6, 6.07) is 0. The van der Waals surface area contributed by atoms with Gasteiger partial charge in [-0.2, -0.15) is 0 Å². The second-order valence-corrected chi connectivity index (χ2v) is 2.51. The molecule has 1 rings (SSSR count). The molecule has 1 aliphatic rings. The van der Waals surface area contributed by atoms with Crippen LogP contribution in [-0.2, 0) is 30.7 Å². The Kier molecular flexibility index (Phi) is 55.1. The van der Waals surface area contributed by atoms with Crippen LogP contribution < -0.4 is 22.5 Å². The van der Waals surface area contributed by atoms with Gasteiger partial charge in [-0.3, -0.25) is 0 Å². The van der Waals surface area contributed by atoms with Gasteiger partial charge in [-0.25, -0.2) is 0 Å². The van der Waals surface area contributed by atoms with Crippen LogP contribution in [0.3, 0.4) is 0 Å². The molecule has 1 fully saturated rings. The molecule has 14 N–H and O–H groups in total. The van der Waals surface area contributed by atoms with E-state index in [2.05, 4.69) is 0 Å². The van der Waals surface area contributed by atoms with Gasteiger partial charge in [-0.05, 0) is 12.8 Å². The first-order valence-electron chi connectivity index (χ1n) is 3.02. The maximum absolute atomic E-state index is 10.2. The number of carboxylic acid groups (broad SMARTS) is 2. The molecule has 0 aromatic carbocycles. The second kappa shape index (κ2) is 18.7. The zero-order valence-electron chi connectivity index (χ0n) is 9.38. The van der Waals surface area contributed by atoms with Crippen LogP contribution in [0, 0.1) is 5.41 Å². The van der Waals surface area contributed by atoms with Crippen molar-refractivity contribution in [3.05, 3.63) is 0 Å². The first kappa shape index (κ1) is 53.1. The Morgan fingerprint density at radius 1 is 0.833 bits per heavy atom. The topological polar surface area (TPSA) is 305 Å². The van der Waals surface area contributed by atoms with E-state index in [0.29, 0.717) is 6.42 Å². The predicted octanol–water partition coefficient (Wildman–Crippen LogP) is -4.85.